The van der Waals surface area contributed by atoms with Crippen LogP contribution in [-0.2, 0) is 13.6 Å². The number of rotatable bonds is 8. The van der Waals surface area contributed by atoms with Crippen LogP contribution in [0.3, 0.4) is 0 Å². The van der Waals surface area contributed by atoms with E-state index in [1.807, 2.05) is 74.5 Å². The normalized spacial score (nSPS) is 12.7. The third-order valence-electron chi connectivity index (χ3n) is 4.38. The molecule has 4 heteroatoms. The van der Waals surface area contributed by atoms with Crippen molar-refractivity contribution < 1.29 is 13.6 Å². The summed E-state index contributed by atoms with van der Waals surface area (Å²) in [6.45, 7) is 4.35. The maximum absolute atomic E-state index is 13.6. The van der Waals surface area contributed by atoms with Crippen LogP contribution in [0.25, 0.3) is 11.1 Å². The first-order chi connectivity index (χ1) is 13.2. The Kier molecular flexibility index (Phi) is 6.63. The Bertz CT molecular complexity index is 867. The van der Waals surface area contributed by atoms with Gasteiger partial charge in [-0.1, -0.05) is 84.9 Å². The summed E-state index contributed by atoms with van der Waals surface area (Å²) in [5.41, 5.74) is 3.66. The molecule has 0 aromatic heterocycles. The molecular formula is C23H25O3P. The molecule has 3 aromatic carbocycles. The van der Waals surface area contributed by atoms with Gasteiger partial charge in [-0.15, -0.1) is 0 Å². The zero-order valence-corrected chi connectivity index (χ0v) is 16.6. The summed E-state index contributed by atoms with van der Waals surface area (Å²) in [5.74, 6) is 0. The van der Waals surface area contributed by atoms with Crippen LogP contribution >= 0.6 is 7.60 Å². The molecule has 0 N–H and O–H groups in total. The third-order valence-corrected chi connectivity index (χ3v) is 6.85. The minimum absolute atomic E-state index is 0.336. The minimum atomic E-state index is -3.36. The van der Waals surface area contributed by atoms with E-state index in [-0.39, 0.29) is 0 Å². The number of benzene rings is 3. The Labute approximate surface area is 161 Å². The van der Waals surface area contributed by atoms with E-state index < -0.39 is 13.3 Å². The van der Waals surface area contributed by atoms with E-state index >= 15 is 0 Å². The summed E-state index contributed by atoms with van der Waals surface area (Å²) >= 11 is 0. The van der Waals surface area contributed by atoms with E-state index in [9.17, 15) is 4.57 Å². The van der Waals surface area contributed by atoms with E-state index in [0.29, 0.717) is 13.2 Å². The summed E-state index contributed by atoms with van der Waals surface area (Å²) in [5, 5.41) is 0. The van der Waals surface area contributed by atoms with Gasteiger partial charge in [-0.2, -0.15) is 0 Å². The molecule has 0 fully saturated rings. The molecule has 0 radical (unpaired) electrons. The molecule has 27 heavy (non-hydrogen) atoms. The molecule has 1 atom stereocenters. The lowest BCUT2D eigenvalue weighted by atomic mass is 10.00. The lowest BCUT2D eigenvalue weighted by Gasteiger charge is -2.27. The van der Waals surface area contributed by atoms with Crippen LogP contribution in [0.5, 0.6) is 0 Å². The smallest absolute Gasteiger partial charge is 0.308 e. The van der Waals surface area contributed by atoms with Gasteiger partial charge in [0.1, 0.15) is 5.66 Å². The summed E-state index contributed by atoms with van der Waals surface area (Å²) < 4.78 is 25.0. The SMILES string of the molecule is CCOP(=O)(OCC)C(c1ccccc1)c1ccc(-c2ccccc2)cc1. The Balaban J connectivity index is 2.04. The molecule has 0 amide bonds. The monoisotopic (exact) mass is 380 g/mol. The average Bonchev–Trinajstić information content (AvgIpc) is 2.70. The predicted molar refractivity (Wildman–Crippen MR) is 111 cm³/mol. The fourth-order valence-corrected chi connectivity index (χ4v) is 5.39. The predicted octanol–water partition coefficient (Wildman–Crippen LogP) is 6.71. The van der Waals surface area contributed by atoms with Crippen LogP contribution in [0.1, 0.15) is 30.6 Å². The topological polar surface area (TPSA) is 35.5 Å². The molecule has 3 rings (SSSR count). The molecule has 3 aromatic rings. The Morgan fingerprint density at radius 3 is 1.63 bits per heavy atom. The molecule has 140 valence electrons. The van der Waals surface area contributed by atoms with Gasteiger partial charge in [0.05, 0.1) is 13.2 Å². The molecule has 0 spiro atoms. The van der Waals surface area contributed by atoms with Crippen molar-refractivity contribution in [3.8, 4) is 11.1 Å². The van der Waals surface area contributed by atoms with Crippen molar-refractivity contribution in [2.75, 3.05) is 13.2 Å². The van der Waals surface area contributed by atoms with Gasteiger partial charge in [0.15, 0.2) is 0 Å². The first-order valence-corrected chi connectivity index (χ1v) is 10.9. The van der Waals surface area contributed by atoms with Crippen molar-refractivity contribution in [2.24, 2.45) is 0 Å². The second-order valence-corrected chi connectivity index (χ2v) is 8.29. The fraction of sp³-hybridized carbons (Fsp3) is 0.217. The van der Waals surface area contributed by atoms with Crippen LogP contribution < -0.4 is 0 Å². The first kappa shape index (κ1) is 19.6. The summed E-state index contributed by atoms with van der Waals surface area (Å²) in [6.07, 6.45) is 0. The lowest BCUT2D eigenvalue weighted by Crippen LogP contribution is -2.08. The van der Waals surface area contributed by atoms with Gasteiger partial charge < -0.3 is 9.05 Å². The van der Waals surface area contributed by atoms with Gasteiger partial charge in [0.2, 0.25) is 0 Å². The number of hydrogen-bond acceptors (Lipinski definition) is 3. The highest BCUT2D eigenvalue weighted by atomic mass is 31.2. The van der Waals surface area contributed by atoms with Crippen molar-refractivity contribution in [1.82, 2.24) is 0 Å². The quantitative estimate of drug-likeness (QED) is 0.407. The first-order valence-electron chi connectivity index (χ1n) is 9.27. The largest absolute Gasteiger partial charge is 0.342 e. The molecule has 0 saturated heterocycles. The lowest BCUT2D eigenvalue weighted by molar-refractivity contribution is 0.215. The van der Waals surface area contributed by atoms with Gasteiger partial charge in [-0.3, -0.25) is 4.57 Å². The minimum Gasteiger partial charge on any atom is -0.308 e. The second kappa shape index (κ2) is 9.14. The second-order valence-electron chi connectivity index (χ2n) is 6.18. The highest BCUT2D eigenvalue weighted by molar-refractivity contribution is 7.54. The molecular weight excluding hydrogens is 355 g/mol. The van der Waals surface area contributed by atoms with Crippen molar-refractivity contribution in [2.45, 2.75) is 19.5 Å². The Morgan fingerprint density at radius 1 is 0.667 bits per heavy atom. The fourth-order valence-electron chi connectivity index (χ4n) is 3.23. The van der Waals surface area contributed by atoms with Crippen molar-refractivity contribution in [1.29, 1.82) is 0 Å². The molecule has 3 nitrogen and oxygen atoms in total. The highest BCUT2D eigenvalue weighted by Gasteiger charge is 2.38. The summed E-state index contributed by atoms with van der Waals surface area (Å²) in [4.78, 5) is 0. The van der Waals surface area contributed by atoms with Gasteiger partial charge in [-0.25, -0.2) is 0 Å². The highest BCUT2D eigenvalue weighted by Crippen LogP contribution is 2.63. The van der Waals surface area contributed by atoms with E-state index in [4.69, 9.17) is 9.05 Å². The average molecular weight is 380 g/mol. The maximum Gasteiger partial charge on any atom is 0.342 e. The Morgan fingerprint density at radius 2 is 1.11 bits per heavy atom. The van der Waals surface area contributed by atoms with Gasteiger partial charge >= 0.3 is 7.60 Å². The van der Waals surface area contributed by atoms with Gasteiger partial charge in [-0.05, 0) is 36.1 Å². The van der Waals surface area contributed by atoms with E-state index in [1.165, 1.54) is 0 Å². The molecule has 0 saturated carbocycles. The standard InChI is InChI=1S/C23H25O3P/c1-3-25-27(24,26-4-2)23(21-13-9-6-10-14-21)22-17-15-20(16-18-22)19-11-7-5-8-12-19/h5-18,23H,3-4H2,1-2H3. The van der Waals surface area contributed by atoms with Crippen LogP contribution in [0, 0.1) is 0 Å². The molecule has 0 aliphatic rings. The molecule has 1 unspecified atom stereocenters. The van der Waals surface area contributed by atoms with Crippen molar-refractivity contribution >= 4 is 7.60 Å². The molecule has 0 bridgehead atoms. The molecule has 0 aliphatic carbocycles. The van der Waals surface area contributed by atoms with Crippen LogP contribution in [-0.4, -0.2) is 13.2 Å². The maximum atomic E-state index is 13.6. The Hall–Kier alpha value is -2.19. The van der Waals surface area contributed by atoms with E-state index in [0.717, 1.165) is 22.3 Å². The van der Waals surface area contributed by atoms with Gasteiger partial charge in [0, 0.05) is 0 Å². The number of hydrogen-bond donors (Lipinski definition) is 0. The summed E-state index contributed by atoms with van der Waals surface area (Å²) in [6, 6.07) is 28.1. The molecule has 0 aliphatic heterocycles. The molecule has 0 heterocycles. The van der Waals surface area contributed by atoms with E-state index in [1.54, 1.807) is 0 Å². The van der Waals surface area contributed by atoms with E-state index in [2.05, 4.69) is 24.3 Å². The van der Waals surface area contributed by atoms with Crippen LogP contribution in [0.2, 0.25) is 0 Å². The van der Waals surface area contributed by atoms with Crippen molar-refractivity contribution in [3.63, 3.8) is 0 Å². The van der Waals surface area contributed by atoms with Crippen LogP contribution in [0.15, 0.2) is 84.9 Å². The zero-order valence-electron chi connectivity index (χ0n) is 15.7. The van der Waals surface area contributed by atoms with Gasteiger partial charge in [0.25, 0.3) is 0 Å². The summed E-state index contributed by atoms with van der Waals surface area (Å²) in [7, 11) is -3.36. The van der Waals surface area contributed by atoms with Crippen molar-refractivity contribution in [3.05, 3.63) is 96.1 Å². The zero-order chi connectivity index (χ0) is 19.1. The van der Waals surface area contributed by atoms with Crippen LogP contribution in [0.4, 0.5) is 0 Å². The third kappa shape index (κ3) is 4.56.